The number of hydrogen-bond donors (Lipinski definition) is 0. The quantitative estimate of drug-likeness (QED) is 0.720. The highest BCUT2D eigenvalue weighted by Crippen LogP contribution is 2.33. The Hall–Kier alpha value is -2.80. The number of rotatable bonds is 2. The zero-order chi connectivity index (χ0) is 15.0. The molecule has 21 heavy (non-hydrogen) atoms. The maximum absolute atomic E-state index is 9.57. The largest absolute Gasteiger partial charge is 0.496 e. The van der Waals surface area contributed by atoms with E-state index < -0.39 is 0 Å². The van der Waals surface area contributed by atoms with E-state index in [0.29, 0.717) is 11.4 Å². The van der Waals surface area contributed by atoms with Gasteiger partial charge in [0.15, 0.2) is 5.69 Å². The average Bonchev–Trinajstić information content (AvgIpc) is 2.87. The van der Waals surface area contributed by atoms with Crippen LogP contribution in [0.25, 0.3) is 16.9 Å². The van der Waals surface area contributed by atoms with Gasteiger partial charge in [0, 0.05) is 11.3 Å². The molecule has 4 nitrogen and oxygen atoms in total. The number of pyridine rings is 1. The standard InChI is InChI=1S/C17H15N3O/c1-11-7-8-15(21-3)13(9-11)17-14(10-18)20-12(2)5-4-6-16(20)19-17/h4-9H,1-3H3. The Morgan fingerprint density at radius 3 is 2.71 bits per heavy atom. The van der Waals surface area contributed by atoms with Gasteiger partial charge in [-0.05, 0) is 38.1 Å². The number of benzene rings is 1. The molecule has 104 valence electrons. The first-order valence-corrected chi connectivity index (χ1v) is 6.69. The fraction of sp³-hybridized carbons (Fsp3) is 0.176. The van der Waals surface area contributed by atoms with Gasteiger partial charge in [-0.1, -0.05) is 17.7 Å². The number of aryl methyl sites for hydroxylation is 2. The topological polar surface area (TPSA) is 50.3 Å². The number of nitrogens with zero attached hydrogens (tertiary/aromatic N) is 3. The average molecular weight is 277 g/mol. The SMILES string of the molecule is COc1ccc(C)cc1-c1nc2cccc(C)n2c1C#N. The highest BCUT2D eigenvalue weighted by atomic mass is 16.5. The Morgan fingerprint density at radius 2 is 2.00 bits per heavy atom. The lowest BCUT2D eigenvalue weighted by molar-refractivity contribution is 0.416. The number of nitriles is 1. The second-order valence-electron chi connectivity index (χ2n) is 4.99. The molecule has 0 atom stereocenters. The van der Waals surface area contributed by atoms with Crippen LogP contribution < -0.4 is 4.74 Å². The van der Waals surface area contributed by atoms with Crippen LogP contribution in [0.1, 0.15) is 17.0 Å². The van der Waals surface area contributed by atoms with Crippen molar-refractivity contribution >= 4 is 5.65 Å². The van der Waals surface area contributed by atoms with Gasteiger partial charge in [0.2, 0.25) is 0 Å². The predicted molar refractivity (Wildman–Crippen MR) is 81.4 cm³/mol. The molecule has 0 N–H and O–H groups in total. The van der Waals surface area contributed by atoms with Crippen LogP contribution in [0, 0.1) is 25.2 Å². The minimum absolute atomic E-state index is 0.534. The number of methoxy groups -OCH3 is 1. The van der Waals surface area contributed by atoms with Crippen LogP contribution in [0.15, 0.2) is 36.4 Å². The summed E-state index contributed by atoms with van der Waals surface area (Å²) in [5.74, 6) is 0.721. The number of hydrogen-bond acceptors (Lipinski definition) is 3. The van der Waals surface area contributed by atoms with Crippen molar-refractivity contribution in [3.8, 4) is 23.1 Å². The van der Waals surface area contributed by atoms with Gasteiger partial charge in [0.25, 0.3) is 0 Å². The summed E-state index contributed by atoms with van der Waals surface area (Å²) in [6.45, 7) is 3.98. The Kier molecular flexibility index (Phi) is 3.11. The van der Waals surface area contributed by atoms with Crippen LogP contribution in [-0.2, 0) is 0 Å². The van der Waals surface area contributed by atoms with Gasteiger partial charge in [-0.15, -0.1) is 0 Å². The summed E-state index contributed by atoms with van der Waals surface area (Å²) >= 11 is 0. The molecule has 0 spiro atoms. The van der Waals surface area contributed by atoms with Gasteiger partial charge >= 0.3 is 0 Å². The third kappa shape index (κ3) is 2.03. The zero-order valence-electron chi connectivity index (χ0n) is 12.2. The van der Waals surface area contributed by atoms with E-state index in [9.17, 15) is 5.26 Å². The second-order valence-corrected chi connectivity index (χ2v) is 4.99. The zero-order valence-corrected chi connectivity index (χ0v) is 12.2. The molecule has 0 bridgehead atoms. The van der Waals surface area contributed by atoms with Crippen LogP contribution in [0.4, 0.5) is 0 Å². The van der Waals surface area contributed by atoms with E-state index in [2.05, 4.69) is 11.1 Å². The van der Waals surface area contributed by atoms with Crippen LogP contribution in [-0.4, -0.2) is 16.5 Å². The minimum Gasteiger partial charge on any atom is -0.496 e. The lowest BCUT2D eigenvalue weighted by atomic mass is 10.1. The van der Waals surface area contributed by atoms with Crippen molar-refractivity contribution in [1.82, 2.24) is 9.38 Å². The van der Waals surface area contributed by atoms with E-state index in [1.807, 2.05) is 54.6 Å². The number of aromatic nitrogens is 2. The maximum atomic E-state index is 9.57. The number of fused-ring (bicyclic) bond motifs is 1. The first-order chi connectivity index (χ1) is 10.2. The molecule has 3 rings (SSSR count). The second kappa shape index (κ2) is 4.95. The van der Waals surface area contributed by atoms with Gasteiger partial charge in [-0.2, -0.15) is 5.26 Å². The molecule has 1 aromatic carbocycles. The molecule has 0 unspecified atom stereocenters. The van der Waals surface area contributed by atoms with Crippen molar-refractivity contribution in [1.29, 1.82) is 5.26 Å². The molecule has 3 aromatic rings. The lowest BCUT2D eigenvalue weighted by Crippen LogP contribution is -1.95. The molecule has 0 saturated carbocycles. The summed E-state index contributed by atoms with van der Waals surface area (Å²) in [5.41, 5.74) is 4.89. The summed E-state index contributed by atoms with van der Waals surface area (Å²) < 4.78 is 7.29. The van der Waals surface area contributed by atoms with E-state index >= 15 is 0 Å². The summed E-state index contributed by atoms with van der Waals surface area (Å²) in [7, 11) is 1.63. The highest BCUT2D eigenvalue weighted by Gasteiger charge is 2.18. The van der Waals surface area contributed by atoms with Crippen LogP contribution in [0.3, 0.4) is 0 Å². The van der Waals surface area contributed by atoms with E-state index in [4.69, 9.17) is 4.74 Å². The Balaban J connectivity index is 2.39. The van der Waals surface area contributed by atoms with Gasteiger partial charge in [-0.3, -0.25) is 4.40 Å². The van der Waals surface area contributed by atoms with Crippen LogP contribution in [0.5, 0.6) is 5.75 Å². The van der Waals surface area contributed by atoms with Gasteiger partial charge in [-0.25, -0.2) is 4.98 Å². The Labute approximate surface area is 123 Å². The van der Waals surface area contributed by atoms with Crippen molar-refractivity contribution in [2.45, 2.75) is 13.8 Å². The molecule has 2 aromatic heterocycles. The number of imidazole rings is 1. The molecule has 0 fully saturated rings. The summed E-state index contributed by atoms with van der Waals surface area (Å²) in [5, 5.41) is 9.57. The van der Waals surface area contributed by atoms with E-state index in [0.717, 1.165) is 28.2 Å². The van der Waals surface area contributed by atoms with Crippen molar-refractivity contribution < 1.29 is 4.74 Å². The van der Waals surface area contributed by atoms with Gasteiger partial charge in [0.1, 0.15) is 23.2 Å². The molecule has 0 amide bonds. The lowest BCUT2D eigenvalue weighted by Gasteiger charge is -2.07. The van der Waals surface area contributed by atoms with Crippen molar-refractivity contribution in [3.63, 3.8) is 0 Å². The molecule has 0 radical (unpaired) electrons. The third-order valence-corrected chi connectivity index (χ3v) is 3.55. The van der Waals surface area contributed by atoms with E-state index in [-0.39, 0.29) is 0 Å². The van der Waals surface area contributed by atoms with Crippen molar-refractivity contribution in [2.24, 2.45) is 0 Å². The molecule has 0 aliphatic rings. The van der Waals surface area contributed by atoms with Gasteiger partial charge in [0.05, 0.1) is 7.11 Å². The predicted octanol–water partition coefficient (Wildman–Crippen LogP) is 3.50. The first kappa shape index (κ1) is 13.2. The number of ether oxygens (including phenoxy) is 1. The minimum atomic E-state index is 0.534. The van der Waals surface area contributed by atoms with Crippen molar-refractivity contribution in [3.05, 3.63) is 53.3 Å². The highest BCUT2D eigenvalue weighted by molar-refractivity contribution is 5.75. The summed E-state index contributed by atoms with van der Waals surface area (Å²) in [6.07, 6.45) is 0. The van der Waals surface area contributed by atoms with Gasteiger partial charge < -0.3 is 4.74 Å². The fourth-order valence-corrected chi connectivity index (χ4v) is 2.55. The van der Waals surface area contributed by atoms with E-state index in [1.165, 1.54) is 0 Å². The third-order valence-electron chi connectivity index (χ3n) is 3.55. The summed E-state index contributed by atoms with van der Waals surface area (Å²) in [6, 6.07) is 14.0. The molecule has 4 heteroatoms. The molecule has 0 saturated heterocycles. The van der Waals surface area contributed by atoms with E-state index in [1.54, 1.807) is 7.11 Å². The Morgan fingerprint density at radius 1 is 1.19 bits per heavy atom. The molecule has 0 aliphatic carbocycles. The smallest absolute Gasteiger partial charge is 0.152 e. The van der Waals surface area contributed by atoms with Crippen LogP contribution >= 0.6 is 0 Å². The normalized spacial score (nSPS) is 10.6. The first-order valence-electron chi connectivity index (χ1n) is 6.69. The monoisotopic (exact) mass is 277 g/mol. The molecule has 0 aliphatic heterocycles. The summed E-state index contributed by atoms with van der Waals surface area (Å²) in [4.78, 5) is 4.62. The fourth-order valence-electron chi connectivity index (χ4n) is 2.55. The van der Waals surface area contributed by atoms with Crippen LogP contribution in [0.2, 0.25) is 0 Å². The molecular formula is C17H15N3O. The molecule has 2 heterocycles. The molecular weight excluding hydrogens is 262 g/mol. The van der Waals surface area contributed by atoms with Crippen molar-refractivity contribution in [2.75, 3.05) is 7.11 Å². The Bertz CT molecular complexity index is 872. The maximum Gasteiger partial charge on any atom is 0.152 e.